The van der Waals surface area contributed by atoms with Gasteiger partial charge in [-0.05, 0) is 11.6 Å². The van der Waals surface area contributed by atoms with Gasteiger partial charge in [0.05, 0.1) is 12.0 Å². The third-order valence-electron chi connectivity index (χ3n) is 3.13. The van der Waals surface area contributed by atoms with E-state index in [-0.39, 0.29) is 12.3 Å². The summed E-state index contributed by atoms with van der Waals surface area (Å²) in [7, 11) is 1.61. The molecular weight excluding hydrogens is 242 g/mol. The van der Waals surface area contributed by atoms with E-state index in [0.29, 0.717) is 10.6 Å². The van der Waals surface area contributed by atoms with Crippen LogP contribution >= 0.6 is 11.6 Å². The number of hydrogen-bond acceptors (Lipinski definition) is 2. The second-order valence-corrected chi connectivity index (χ2v) is 4.53. The highest BCUT2D eigenvalue weighted by atomic mass is 35.5. The zero-order valence-corrected chi connectivity index (χ0v) is 10.0. The van der Waals surface area contributed by atoms with Crippen LogP contribution in [0.25, 0.3) is 0 Å². The van der Waals surface area contributed by atoms with Crippen LogP contribution in [0, 0.1) is 5.92 Å². The van der Waals surface area contributed by atoms with Crippen LogP contribution in [0.3, 0.4) is 0 Å². The molecule has 1 amide bonds. The molecule has 5 heteroatoms. The van der Waals surface area contributed by atoms with Gasteiger partial charge >= 0.3 is 5.97 Å². The standard InChI is InChI=1S/C12H12ClNO3/c1-14-10(15)6-8(12(16)17)11(14)7-4-2-3-5-9(7)13/h2-5,8,11H,6H2,1H3,(H,16,17)/t8-,11+/m1/s1. The first-order valence-corrected chi connectivity index (χ1v) is 5.63. The van der Waals surface area contributed by atoms with Crippen molar-refractivity contribution in [3.63, 3.8) is 0 Å². The highest BCUT2D eigenvalue weighted by molar-refractivity contribution is 6.31. The molecule has 2 atom stereocenters. The Morgan fingerprint density at radius 2 is 2.12 bits per heavy atom. The van der Waals surface area contributed by atoms with E-state index in [1.165, 1.54) is 4.90 Å². The van der Waals surface area contributed by atoms with Gasteiger partial charge in [0.25, 0.3) is 0 Å². The molecule has 90 valence electrons. The first-order chi connectivity index (χ1) is 8.02. The van der Waals surface area contributed by atoms with Crippen LogP contribution in [0.4, 0.5) is 0 Å². The van der Waals surface area contributed by atoms with Crippen LogP contribution in [0.15, 0.2) is 24.3 Å². The fraction of sp³-hybridized carbons (Fsp3) is 0.333. The van der Waals surface area contributed by atoms with Gasteiger partial charge in [-0.1, -0.05) is 29.8 Å². The van der Waals surface area contributed by atoms with Crippen LogP contribution in [-0.4, -0.2) is 28.9 Å². The molecule has 0 aliphatic carbocycles. The molecule has 0 aromatic heterocycles. The number of aliphatic carboxylic acids is 1. The number of benzene rings is 1. The normalized spacial score (nSPS) is 24.1. The lowest BCUT2D eigenvalue weighted by atomic mass is 9.94. The molecule has 0 unspecified atom stereocenters. The number of likely N-dealkylation sites (tertiary alicyclic amines) is 1. The summed E-state index contributed by atoms with van der Waals surface area (Å²) in [5.41, 5.74) is 0.690. The summed E-state index contributed by atoms with van der Waals surface area (Å²) in [6.07, 6.45) is 0.0295. The first-order valence-electron chi connectivity index (χ1n) is 5.25. The van der Waals surface area contributed by atoms with Crippen molar-refractivity contribution in [3.05, 3.63) is 34.9 Å². The Hall–Kier alpha value is -1.55. The number of carboxylic acids is 1. The van der Waals surface area contributed by atoms with Gasteiger partial charge in [-0.2, -0.15) is 0 Å². The van der Waals surface area contributed by atoms with Gasteiger partial charge < -0.3 is 10.0 Å². The largest absolute Gasteiger partial charge is 0.481 e. The molecular formula is C12H12ClNO3. The smallest absolute Gasteiger partial charge is 0.309 e. The average molecular weight is 254 g/mol. The number of amides is 1. The van der Waals surface area contributed by atoms with Crippen molar-refractivity contribution in [1.82, 2.24) is 4.90 Å². The molecule has 0 bridgehead atoms. The Balaban J connectivity index is 2.44. The van der Waals surface area contributed by atoms with E-state index >= 15 is 0 Å². The van der Waals surface area contributed by atoms with Gasteiger partial charge in [-0.15, -0.1) is 0 Å². The Labute approximate surface area is 104 Å². The Morgan fingerprint density at radius 1 is 1.47 bits per heavy atom. The van der Waals surface area contributed by atoms with E-state index in [1.807, 2.05) is 0 Å². The molecule has 1 aromatic rings. The highest BCUT2D eigenvalue weighted by Crippen LogP contribution is 2.39. The molecule has 1 N–H and O–H groups in total. The summed E-state index contributed by atoms with van der Waals surface area (Å²) in [6.45, 7) is 0. The van der Waals surface area contributed by atoms with Crippen molar-refractivity contribution in [1.29, 1.82) is 0 Å². The van der Waals surface area contributed by atoms with Crippen molar-refractivity contribution in [2.24, 2.45) is 5.92 Å². The molecule has 17 heavy (non-hydrogen) atoms. The Bertz CT molecular complexity index is 475. The van der Waals surface area contributed by atoms with Crippen molar-refractivity contribution in [3.8, 4) is 0 Å². The molecule has 1 heterocycles. The number of hydrogen-bond donors (Lipinski definition) is 1. The molecule has 1 saturated heterocycles. The second kappa shape index (κ2) is 4.37. The van der Waals surface area contributed by atoms with Gasteiger partial charge in [0.1, 0.15) is 0 Å². The number of carbonyl (C=O) groups is 2. The summed E-state index contributed by atoms with van der Waals surface area (Å²) in [6, 6.07) is 6.55. The summed E-state index contributed by atoms with van der Waals surface area (Å²) >= 11 is 6.06. The fourth-order valence-electron chi connectivity index (χ4n) is 2.23. The summed E-state index contributed by atoms with van der Waals surface area (Å²) < 4.78 is 0. The Morgan fingerprint density at radius 3 is 2.71 bits per heavy atom. The fourth-order valence-corrected chi connectivity index (χ4v) is 2.48. The number of nitrogens with zero attached hydrogens (tertiary/aromatic N) is 1. The summed E-state index contributed by atoms with van der Waals surface area (Å²) in [4.78, 5) is 24.2. The van der Waals surface area contributed by atoms with E-state index in [4.69, 9.17) is 16.7 Å². The monoisotopic (exact) mass is 253 g/mol. The van der Waals surface area contributed by atoms with Gasteiger partial charge in [-0.25, -0.2) is 0 Å². The topological polar surface area (TPSA) is 57.6 Å². The minimum absolute atomic E-state index is 0.0295. The van der Waals surface area contributed by atoms with E-state index in [0.717, 1.165) is 0 Å². The van der Waals surface area contributed by atoms with Crippen molar-refractivity contribution in [2.45, 2.75) is 12.5 Å². The third kappa shape index (κ3) is 2.00. The number of rotatable bonds is 2. The van der Waals surface area contributed by atoms with Crippen LogP contribution < -0.4 is 0 Å². The SMILES string of the molecule is CN1C(=O)C[C@@H](C(=O)O)[C@@H]1c1ccccc1Cl. The van der Waals surface area contributed by atoms with Crippen LogP contribution in [0.5, 0.6) is 0 Å². The molecule has 0 spiro atoms. The predicted octanol–water partition coefficient (Wildman–Crippen LogP) is 1.94. The molecule has 1 fully saturated rings. The molecule has 1 aliphatic heterocycles. The van der Waals surface area contributed by atoms with Crippen LogP contribution in [0.2, 0.25) is 5.02 Å². The quantitative estimate of drug-likeness (QED) is 0.876. The van der Waals surface area contributed by atoms with Gasteiger partial charge in [0.2, 0.25) is 5.91 Å². The van der Waals surface area contributed by atoms with E-state index < -0.39 is 17.9 Å². The zero-order chi connectivity index (χ0) is 12.6. The lowest BCUT2D eigenvalue weighted by Crippen LogP contribution is -2.27. The van der Waals surface area contributed by atoms with E-state index in [1.54, 1.807) is 31.3 Å². The minimum atomic E-state index is -0.965. The second-order valence-electron chi connectivity index (χ2n) is 4.12. The van der Waals surface area contributed by atoms with Crippen molar-refractivity contribution >= 4 is 23.5 Å². The maximum atomic E-state index is 11.6. The number of halogens is 1. The van der Waals surface area contributed by atoms with Crippen LogP contribution in [-0.2, 0) is 9.59 Å². The van der Waals surface area contributed by atoms with Gasteiger partial charge in [-0.3, -0.25) is 9.59 Å². The highest BCUT2D eigenvalue weighted by Gasteiger charge is 2.43. The molecule has 2 rings (SSSR count). The zero-order valence-electron chi connectivity index (χ0n) is 9.26. The average Bonchev–Trinajstić information content (AvgIpc) is 2.57. The number of carbonyl (C=O) groups excluding carboxylic acids is 1. The van der Waals surface area contributed by atoms with E-state index in [9.17, 15) is 9.59 Å². The maximum absolute atomic E-state index is 11.6. The molecule has 4 nitrogen and oxygen atoms in total. The summed E-state index contributed by atoms with van der Waals surface area (Å²) in [5.74, 6) is -1.86. The first kappa shape index (κ1) is 11.9. The van der Waals surface area contributed by atoms with E-state index in [2.05, 4.69) is 0 Å². The predicted molar refractivity (Wildman–Crippen MR) is 62.7 cm³/mol. The summed E-state index contributed by atoms with van der Waals surface area (Å²) in [5, 5.41) is 9.64. The lowest BCUT2D eigenvalue weighted by molar-refractivity contribution is -0.142. The van der Waals surface area contributed by atoms with Crippen LogP contribution in [0.1, 0.15) is 18.0 Å². The van der Waals surface area contributed by atoms with Crippen molar-refractivity contribution < 1.29 is 14.7 Å². The molecule has 1 aromatic carbocycles. The molecule has 0 radical (unpaired) electrons. The molecule has 0 saturated carbocycles. The number of carboxylic acid groups (broad SMARTS) is 1. The van der Waals surface area contributed by atoms with Gasteiger partial charge in [0, 0.05) is 18.5 Å². The lowest BCUT2D eigenvalue weighted by Gasteiger charge is -2.24. The Kier molecular flexibility index (Phi) is 3.07. The minimum Gasteiger partial charge on any atom is -0.481 e. The van der Waals surface area contributed by atoms with Crippen molar-refractivity contribution in [2.75, 3.05) is 7.05 Å². The van der Waals surface area contributed by atoms with Gasteiger partial charge in [0.15, 0.2) is 0 Å². The third-order valence-corrected chi connectivity index (χ3v) is 3.47. The maximum Gasteiger partial charge on any atom is 0.309 e. The molecule has 1 aliphatic rings.